The van der Waals surface area contributed by atoms with Crippen molar-refractivity contribution in [2.75, 3.05) is 26.2 Å². The molecule has 124 valence electrons. The summed E-state index contributed by atoms with van der Waals surface area (Å²) in [5.41, 5.74) is 5.72. The number of hydrogen-bond donors (Lipinski definition) is 2. The molecule has 0 aromatic carbocycles. The van der Waals surface area contributed by atoms with Gasteiger partial charge in [0.25, 0.3) is 0 Å². The predicted molar refractivity (Wildman–Crippen MR) is 83.5 cm³/mol. The first-order valence-electron chi connectivity index (χ1n) is 7.35. The molecule has 2 fully saturated rings. The molecule has 0 radical (unpaired) electrons. The lowest BCUT2D eigenvalue weighted by atomic mass is 10.3. The first-order valence-corrected chi connectivity index (χ1v) is 8.12. The minimum atomic E-state index is -0.674. The Morgan fingerprint density at radius 2 is 2.26 bits per heavy atom. The number of carboxylic acids is 1. The van der Waals surface area contributed by atoms with Gasteiger partial charge >= 0.3 is 5.97 Å². The molecule has 1 saturated heterocycles. The second-order valence-corrected chi connectivity index (χ2v) is 6.89. The van der Waals surface area contributed by atoms with Crippen molar-refractivity contribution in [2.45, 2.75) is 4.90 Å². The lowest BCUT2D eigenvalue weighted by Gasteiger charge is -2.17. The lowest BCUT2D eigenvalue weighted by molar-refractivity contribution is -0.139. The summed E-state index contributed by atoms with van der Waals surface area (Å²) in [4.78, 5) is 16.1. The molecule has 1 aromatic heterocycles. The third-order valence-corrected chi connectivity index (χ3v) is 5.22. The zero-order chi connectivity index (χ0) is 16.4. The Balaban J connectivity index is 1.47. The number of hydrogen-bond acceptors (Lipinski definition) is 6. The number of piperidine rings is 1. The van der Waals surface area contributed by atoms with Crippen molar-refractivity contribution in [3.63, 3.8) is 0 Å². The van der Waals surface area contributed by atoms with E-state index < -0.39 is 5.97 Å². The Hall–Kier alpha value is -1.64. The molecule has 0 spiro atoms. The summed E-state index contributed by atoms with van der Waals surface area (Å²) in [6.45, 7) is 1.79. The number of aliphatic carboxylic acids is 1. The lowest BCUT2D eigenvalue weighted by Crippen LogP contribution is -2.19. The number of nitrogens with two attached hydrogens (primary N) is 1. The molecule has 0 amide bonds. The Bertz CT molecular complexity index is 598. The standard InChI is InChI=1S/C15H18FN3O3S/c16-3-9(4-17)8-22-13-2-1-10(5-18-13)23-19-6-11-12(7-19)14(11)15(20)21/h1-3,5,11-12,14H,4,6-8,17H2,(H,20,21)/b9-3+/t11-,12+,14?. The fourth-order valence-corrected chi connectivity index (χ4v) is 3.91. The zero-order valence-electron chi connectivity index (χ0n) is 12.4. The Morgan fingerprint density at radius 1 is 1.52 bits per heavy atom. The van der Waals surface area contributed by atoms with E-state index in [9.17, 15) is 9.18 Å². The van der Waals surface area contributed by atoms with Gasteiger partial charge in [0, 0.05) is 42.4 Å². The van der Waals surface area contributed by atoms with Gasteiger partial charge in [-0.05, 0) is 29.9 Å². The molecule has 2 aliphatic rings. The van der Waals surface area contributed by atoms with Gasteiger partial charge in [0.05, 0.1) is 12.2 Å². The maximum Gasteiger partial charge on any atom is 0.307 e. The Morgan fingerprint density at radius 3 is 2.78 bits per heavy atom. The molecule has 1 saturated carbocycles. The molecule has 8 heteroatoms. The van der Waals surface area contributed by atoms with Crippen LogP contribution < -0.4 is 10.5 Å². The number of carboxylic acid groups (broad SMARTS) is 1. The van der Waals surface area contributed by atoms with E-state index in [1.54, 1.807) is 24.2 Å². The second-order valence-electron chi connectivity index (χ2n) is 5.72. The molecule has 3 N–H and O–H groups in total. The van der Waals surface area contributed by atoms with Crippen LogP contribution in [0.5, 0.6) is 5.88 Å². The number of halogens is 1. The van der Waals surface area contributed by atoms with Crippen LogP contribution in [-0.2, 0) is 4.79 Å². The van der Waals surface area contributed by atoms with Crippen LogP contribution in [0.2, 0.25) is 0 Å². The van der Waals surface area contributed by atoms with Gasteiger partial charge in [-0.25, -0.2) is 13.7 Å². The summed E-state index contributed by atoms with van der Waals surface area (Å²) in [7, 11) is 0. The fourth-order valence-electron chi connectivity index (χ4n) is 2.89. The van der Waals surface area contributed by atoms with Crippen molar-refractivity contribution in [1.82, 2.24) is 9.29 Å². The summed E-state index contributed by atoms with van der Waals surface area (Å²) in [6.07, 6.45) is 2.15. The molecule has 0 bridgehead atoms. The topological polar surface area (TPSA) is 88.7 Å². The van der Waals surface area contributed by atoms with Gasteiger partial charge in [-0.2, -0.15) is 0 Å². The Kier molecular flexibility index (Phi) is 4.84. The van der Waals surface area contributed by atoms with E-state index in [0.717, 1.165) is 18.0 Å². The van der Waals surface area contributed by atoms with Crippen LogP contribution in [0.4, 0.5) is 4.39 Å². The SMILES string of the molecule is NC/C(=C\F)COc1ccc(SN2C[C@@H]3C(C(=O)O)[C@@H]3C2)cn1. The van der Waals surface area contributed by atoms with Crippen LogP contribution in [0, 0.1) is 17.8 Å². The number of nitrogens with zero attached hydrogens (tertiary/aromatic N) is 2. The highest BCUT2D eigenvalue weighted by molar-refractivity contribution is 7.97. The number of ether oxygens (including phenoxy) is 1. The van der Waals surface area contributed by atoms with Gasteiger partial charge in [0.15, 0.2) is 0 Å². The van der Waals surface area contributed by atoms with Gasteiger partial charge in [-0.3, -0.25) is 4.79 Å². The van der Waals surface area contributed by atoms with Crippen molar-refractivity contribution in [3.05, 3.63) is 30.2 Å². The average Bonchev–Trinajstić information content (AvgIpc) is 3.07. The average molecular weight is 339 g/mol. The van der Waals surface area contributed by atoms with Gasteiger partial charge in [-0.15, -0.1) is 0 Å². The molecule has 1 aliphatic carbocycles. The van der Waals surface area contributed by atoms with Crippen molar-refractivity contribution in [3.8, 4) is 5.88 Å². The third-order valence-electron chi connectivity index (χ3n) is 4.21. The van der Waals surface area contributed by atoms with Gasteiger partial charge < -0.3 is 15.6 Å². The van der Waals surface area contributed by atoms with E-state index in [2.05, 4.69) is 9.29 Å². The zero-order valence-corrected chi connectivity index (χ0v) is 13.2. The maximum atomic E-state index is 12.4. The monoisotopic (exact) mass is 339 g/mol. The van der Waals surface area contributed by atoms with Crippen LogP contribution in [0.25, 0.3) is 0 Å². The molecule has 6 nitrogen and oxygen atoms in total. The van der Waals surface area contributed by atoms with Crippen molar-refractivity contribution in [1.29, 1.82) is 0 Å². The van der Waals surface area contributed by atoms with E-state index in [4.69, 9.17) is 15.6 Å². The minimum Gasteiger partial charge on any atom is -0.481 e. The highest BCUT2D eigenvalue weighted by Crippen LogP contribution is 2.53. The summed E-state index contributed by atoms with van der Waals surface area (Å²) >= 11 is 1.57. The molecular formula is C15H18FN3O3S. The molecule has 1 aromatic rings. The summed E-state index contributed by atoms with van der Waals surface area (Å²) in [6, 6.07) is 3.61. The largest absolute Gasteiger partial charge is 0.481 e. The summed E-state index contributed by atoms with van der Waals surface area (Å²) < 4.78 is 19.9. The van der Waals surface area contributed by atoms with Crippen LogP contribution in [0.15, 0.2) is 35.1 Å². The van der Waals surface area contributed by atoms with E-state index in [0.29, 0.717) is 17.8 Å². The van der Waals surface area contributed by atoms with Crippen LogP contribution in [0.1, 0.15) is 0 Å². The fraction of sp³-hybridized carbons (Fsp3) is 0.467. The number of carbonyl (C=O) groups is 1. The molecule has 2 heterocycles. The smallest absolute Gasteiger partial charge is 0.307 e. The molecule has 23 heavy (non-hydrogen) atoms. The number of pyridine rings is 1. The first kappa shape index (κ1) is 16.2. The highest BCUT2D eigenvalue weighted by Gasteiger charge is 2.59. The maximum absolute atomic E-state index is 12.4. The van der Waals surface area contributed by atoms with Crippen LogP contribution in [-0.4, -0.2) is 46.6 Å². The van der Waals surface area contributed by atoms with Crippen molar-refractivity contribution in [2.24, 2.45) is 23.5 Å². The highest BCUT2D eigenvalue weighted by atomic mass is 32.2. The normalized spacial score (nSPS) is 26.9. The quantitative estimate of drug-likeness (QED) is 0.729. The molecular weight excluding hydrogens is 321 g/mol. The van der Waals surface area contributed by atoms with E-state index in [1.807, 2.05) is 6.07 Å². The van der Waals surface area contributed by atoms with Gasteiger partial charge in [0.1, 0.15) is 6.61 Å². The number of fused-ring (bicyclic) bond motifs is 1. The summed E-state index contributed by atoms with van der Waals surface area (Å²) in [5, 5.41) is 9.01. The Labute approximate surface area is 137 Å². The van der Waals surface area contributed by atoms with Crippen molar-refractivity contribution >= 4 is 17.9 Å². The minimum absolute atomic E-state index is 0.0819. The van der Waals surface area contributed by atoms with Crippen LogP contribution in [0.3, 0.4) is 0 Å². The van der Waals surface area contributed by atoms with Gasteiger partial charge in [0.2, 0.25) is 5.88 Å². The summed E-state index contributed by atoms with van der Waals surface area (Å²) in [5.74, 6) is 0.167. The van der Waals surface area contributed by atoms with Crippen LogP contribution >= 0.6 is 11.9 Å². The molecule has 3 atom stereocenters. The second kappa shape index (κ2) is 6.86. The van der Waals surface area contributed by atoms with Gasteiger partial charge in [-0.1, -0.05) is 0 Å². The van der Waals surface area contributed by atoms with Crippen molar-refractivity contribution < 1.29 is 19.0 Å². The molecule has 1 unspecified atom stereocenters. The molecule has 1 aliphatic heterocycles. The number of rotatable bonds is 7. The first-order chi connectivity index (χ1) is 11.1. The van der Waals surface area contributed by atoms with E-state index >= 15 is 0 Å². The van der Waals surface area contributed by atoms with E-state index in [1.165, 1.54) is 0 Å². The molecule has 3 rings (SSSR count). The third kappa shape index (κ3) is 3.65. The predicted octanol–water partition coefficient (Wildman–Crippen LogP) is 1.54. The number of aromatic nitrogens is 1. The van der Waals surface area contributed by atoms with E-state index in [-0.39, 0.29) is 30.9 Å².